The zero-order valence-electron chi connectivity index (χ0n) is 25.5. The molecule has 236 valence electrons. The molecule has 2 fully saturated rings. The highest BCUT2D eigenvalue weighted by molar-refractivity contribution is 6.36. The van der Waals surface area contributed by atoms with Crippen molar-refractivity contribution in [3.63, 3.8) is 0 Å². The van der Waals surface area contributed by atoms with Gasteiger partial charge in [-0.2, -0.15) is 0 Å². The fraction of sp³-hybridized carbons (Fsp3) is 0.333. The number of amides is 5. The fourth-order valence-corrected chi connectivity index (χ4v) is 6.07. The lowest BCUT2D eigenvalue weighted by molar-refractivity contribution is -0.140. The lowest BCUT2D eigenvalue weighted by atomic mass is 9.94. The minimum atomic E-state index is -1.04. The Morgan fingerprint density at radius 3 is 2.51 bits per heavy atom. The van der Waals surface area contributed by atoms with Crippen molar-refractivity contribution in [2.45, 2.75) is 32.4 Å². The smallest absolute Gasteiger partial charge is 0.326 e. The molecule has 3 aromatic rings. The second-order valence-corrected chi connectivity index (χ2v) is 11.7. The number of benzene rings is 3. The van der Waals surface area contributed by atoms with Crippen LogP contribution in [0, 0.1) is 18.7 Å². The summed E-state index contributed by atoms with van der Waals surface area (Å²) in [5.41, 5.74) is 4.13. The van der Waals surface area contributed by atoms with Crippen LogP contribution in [-0.2, 0) is 20.9 Å². The minimum Gasteiger partial charge on any atom is -0.496 e. The molecule has 0 saturated carbocycles. The molecular formula is C33H35ClFN5O5. The normalized spacial score (nSPS) is 18.6. The molecule has 2 aliphatic rings. The average Bonchev–Trinajstić information content (AvgIpc) is 3.03. The standard InChI is InChI=1S/C33H35ClFN5O5/c1-18-21(7-6-10-27(18)38-31(42)25-17-39(2)33(44)40(3)32(25)43)23-9-5-8-22(30(23)34)19-13-26(35)24(28(14-19)45-4)16-36-20-11-12-29(41)37-15-20/h5-10,13-14,20,25,36H,11-12,15-17H2,1-4H3,(H,37,41)(H,38,42)/t20-,25?/m0/s1. The first-order valence-electron chi connectivity index (χ1n) is 14.6. The van der Waals surface area contributed by atoms with Gasteiger partial charge in [0.05, 0.1) is 12.1 Å². The quantitative estimate of drug-likeness (QED) is 0.312. The van der Waals surface area contributed by atoms with Gasteiger partial charge in [0.25, 0.3) is 0 Å². The second kappa shape index (κ2) is 13.3. The fourth-order valence-electron chi connectivity index (χ4n) is 5.73. The van der Waals surface area contributed by atoms with Crippen LogP contribution in [0.15, 0.2) is 48.5 Å². The summed E-state index contributed by atoms with van der Waals surface area (Å²) in [6.45, 7) is 2.54. The number of piperidine rings is 1. The number of hydrogen-bond acceptors (Lipinski definition) is 6. The zero-order valence-corrected chi connectivity index (χ0v) is 26.3. The largest absolute Gasteiger partial charge is 0.496 e. The number of halogens is 2. The van der Waals surface area contributed by atoms with E-state index >= 15 is 4.39 Å². The first-order chi connectivity index (χ1) is 21.5. The third kappa shape index (κ3) is 6.50. The summed E-state index contributed by atoms with van der Waals surface area (Å²) in [7, 11) is 4.38. The van der Waals surface area contributed by atoms with Gasteiger partial charge in [0.1, 0.15) is 17.5 Å². The molecule has 0 aromatic heterocycles. The lowest BCUT2D eigenvalue weighted by Gasteiger charge is -2.33. The van der Waals surface area contributed by atoms with E-state index < -0.39 is 29.6 Å². The Hall–Kier alpha value is -4.48. The van der Waals surface area contributed by atoms with Gasteiger partial charge >= 0.3 is 6.03 Å². The number of nitrogens with one attached hydrogen (secondary N) is 3. The van der Waals surface area contributed by atoms with Gasteiger partial charge in [0.2, 0.25) is 17.7 Å². The molecule has 2 heterocycles. The molecule has 1 unspecified atom stereocenters. The van der Waals surface area contributed by atoms with Crippen LogP contribution < -0.4 is 20.7 Å². The van der Waals surface area contributed by atoms with Crippen molar-refractivity contribution in [3.05, 3.63) is 70.5 Å². The highest BCUT2D eigenvalue weighted by Crippen LogP contribution is 2.41. The number of hydrogen-bond donors (Lipinski definition) is 3. The predicted molar refractivity (Wildman–Crippen MR) is 169 cm³/mol. The minimum absolute atomic E-state index is 0.0164. The van der Waals surface area contributed by atoms with Gasteiger partial charge in [-0.3, -0.25) is 19.3 Å². The van der Waals surface area contributed by atoms with Crippen molar-refractivity contribution in [1.29, 1.82) is 0 Å². The number of ether oxygens (including phenoxy) is 1. The number of imide groups is 1. The van der Waals surface area contributed by atoms with Gasteiger partial charge in [-0.05, 0) is 48.2 Å². The van der Waals surface area contributed by atoms with Crippen molar-refractivity contribution in [2.24, 2.45) is 5.92 Å². The molecule has 2 atom stereocenters. The van der Waals surface area contributed by atoms with E-state index in [4.69, 9.17) is 16.3 Å². The van der Waals surface area contributed by atoms with Gasteiger partial charge in [0.15, 0.2) is 0 Å². The molecule has 0 aliphatic carbocycles. The maximum atomic E-state index is 15.5. The van der Waals surface area contributed by atoms with Crippen molar-refractivity contribution in [2.75, 3.05) is 39.6 Å². The molecule has 10 nitrogen and oxygen atoms in total. The van der Waals surface area contributed by atoms with Crippen LogP contribution in [0.25, 0.3) is 22.3 Å². The number of carbonyl (C=O) groups is 4. The third-order valence-corrected chi connectivity index (χ3v) is 8.82. The van der Waals surface area contributed by atoms with E-state index in [1.807, 2.05) is 25.1 Å². The number of nitrogens with zero attached hydrogens (tertiary/aromatic N) is 2. The zero-order chi connectivity index (χ0) is 32.4. The lowest BCUT2D eigenvalue weighted by Crippen LogP contribution is -2.56. The van der Waals surface area contributed by atoms with Crippen LogP contribution >= 0.6 is 11.6 Å². The van der Waals surface area contributed by atoms with Crippen LogP contribution in [0.5, 0.6) is 5.75 Å². The molecule has 5 rings (SSSR count). The molecule has 0 spiro atoms. The summed E-state index contributed by atoms with van der Waals surface area (Å²) in [6.07, 6.45) is 1.10. The topological polar surface area (TPSA) is 120 Å². The van der Waals surface area contributed by atoms with Gasteiger partial charge in [-0.15, -0.1) is 0 Å². The monoisotopic (exact) mass is 635 g/mol. The van der Waals surface area contributed by atoms with E-state index in [1.165, 1.54) is 32.2 Å². The molecule has 5 amide bonds. The van der Waals surface area contributed by atoms with Gasteiger partial charge < -0.3 is 25.6 Å². The predicted octanol–water partition coefficient (Wildman–Crippen LogP) is 4.58. The molecule has 2 aliphatic heterocycles. The number of anilines is 1. The maximum Gasteiger partial charge on any atom is 0.326 e. The Morgan fingerprint density at radius 2 is 1.80 bits per heavy atom. The molecule has 0 radical (unpaired) electrons. The van der Waals surface area contributed by atoms with Crippen molar-refractivity contribution < 1.29 is 28.3 Å². The van der Waals surface area contributed by atoms with Crippen LogP contribution in [0.1, 0.15) is 24.0 Å². The maximum absolute atomic E-state index is 15.5. The van der Waals surface area contributed by atoms with E-state index in [0.29, 0.717) is 58.1 Å². The summed E-state index contributed by atoms with van der Waals surface area (Å²) in [5.74, 6) is -2.19. The van der Waals surface area contributed by atoms with Crippen molar-refractivity contribution >= 4 is 41.0 Å². The van der Waals surface area contributed by atoms with E-state index in [-0.39, 0.29) is 25.0 Å². The van der Waals surface area contributed by atoms with Crippen LogP contribution in [-0.4, -0.2) is 73.9 Å². The molecule has 0 bridgehead atoms. The van der Waals surface area contributed by atoms with Gasteiger partial charge in [-0.25, -0.2) is 9.18 Å². The summed E-state index contributed by atoms with van der Waals surface area (Å²) >= 11 is 6.97. The number of urea groups is 1. The first kappa shape index (κ1) is 31.9. The Kier molecular flexibility index (Phi) is 9.40. The number of rotatable bonds is 8. The van der Waals surface area contributed by atoms with Gasteiger partial charge in [-0.1, -0.05) is 41.9 Å². The first-order valence-corrected chi connectivity index (χ1v) is 15.0. The van der Waals surface area contributed by atoms with Crippen LogP contribution in [0.2, 0.25) is 5.02 Å². The summed E-state index contributed by atoms with van der Waals surface area (Å²) in [5, 5.41) is 9.35. The number of carbonyl (C=O) groups excluding carboxylic acids is 4. The Morgan fingerprint density at radius 1 is 1.09 bits per heavy atom. The average molecular weight is 636 g/mol. The van der Waals surface area contributed by atoms with E-state index in [0.717, 1.165) is 16.0 Å². The second-order valence-electron chi connectivity index (χ2n) is 11.3. The molecule has 3 N–H and O–H groups in total. The Labute approximate surface area is 265 Å². The number of methoxy groups -OCH3 is 1. The molecule has 12 heteroatoms. The highest BCUT2D eigenvalue weighted by atomic mass is 35.5. The molecule has 45 heavy (non-hydrogen) atoms. The molecule has 2 saturated heterocycles. The SMILES string of the molecule is COc1cc(-c2cccc(-c3cccc(NC(=O)C4CN(C)C(=O)N(C)C4=O)c3C)c2Cl)cc(F)c1CN[C@H]1CCC(=O)NC1. The Balaban J connectivity index is 1.40. The third-order valence-electron chi connectivity index (χ3n) is 8.41. The van der Waals surface area contributed by atoms with Crippen LogP contribution in [0.4, 0.5) is 14.9 Å². The summed E-state index contributed by atoms with van der Waals surface area (Å²) < 4.78 is 21.1. The van der Waals surface area contributed by atoms with Crippen molar-refractivity contribution in [3.8, 4) is 28.0 Å². The highest BCUT2D eigenvalue weighted by Gasteiger charge is 2.39. The Bertz CT molecular complexity index is 1670. The van der Waals surface area contributed by atoms with E-state index in [1.54, 1.807) is 24.3 Å². The van der Waals surface area contributed by atoms with E-state index in [9.17, 15) is 19.2 Å². The van der Waals surface area contributed by atoms with Crippen LogP contribution in [0.3, 0.4) is 0 Å². The van der Waals surface area contributed by atoms with E-state index in [2.05, 4.69) is 16.0 Å². The van der Waals surface area contributed by atoms with Gasteiger partial charge in [0, 0.05) is 68.6 Å². The summed E-state index contributed by atoms with van der Waals surface area (Å²) in [6, 6.07) is 13.6. The molecule has 3 aromatic carbocycles. The van der Waals surface area contributed by atoms with Crippen molar-refractivity contribution in [1.82, 2.24) is 20.4 Å². The molecular weight excluding hydrogens is 601 g/mol. The summed E-state index contributed by atoms with van der Waals surface area (Å²) in [4.78, 5) is 51.7.